The van der Waals surface area contributed by atoms with Gasteiger partial charge in [0.15, 0.2) is 15.7 Å². The van der Waals surface area contributed by atoms with Gasteiger partial charge in [-0.05, 0) is 54.1 Å². The Bertz CT molecular complexity index is 1390. The van der Waals surface area contributed by atoms with Crippen LogP contribution >= 0.6 is 0 Å². The van der Waals surface area contributed by atoms with Gasteiger partial charge in [0.25, 0.3) is 0 Å². The molecule has 0 aliphatic heterocycles. The lowest BCUT2D eigenvalue weighted by molar-refractivity contribution is 0.293. The molecule has 4 rings (SSSR count). The van der Waals surface area contributed by atoms with Crippen molar-refractivity contribution < 1.29 is 27.7 Å². The molecule has 174 valence electrons. The van der Waals surface area contributed by atoms with E-state index in [0.717, 1.165) is 17.6 Å². The summed E-state index contributed by atoms with van der Waals surface area (Å²) in [5.41, 5.74) is 1.48. The van der Waals surface area contributed by atoms with Crippen molar-refractivity contribution in [2.75, 3.05) is 13.4 Å². The van der Waals surface area contributed by atoms with Gasteiger partial charge in [-0.2, -0.15) is 4.98 Å². The highest BCUT2D eigenvalue weighted by Gasteiger charge is 2.11. The van der Waals surface area contributed by atoms with Crippen molar-refractivity contribution in [3.05, 3.63) is 84.6 Å². The van der Waals surface area contributed by atoms with Crippen molar-refractivity contribution in [1.29, 1.82) is 0 Å². The van der Waals surface area contributed by atoms with Crippen molar-refractivity contribution >= 4 is 9.84 Å². The van der Waals surface area contributed by atoms with E-state index < -0.39 is 9.84 Å². The van der Waals surface area contributed by atoms with Crippen LogP contribution in [0.3, 0.4) is 0 Å². The normalized spacial score (nSPS) is 11.1. The van der Waals surface area contributed by atoms with Gasteiger partial charge >= 0.3 is 0 Å². The molecule has 0 amide bonds. The smallest absolute Gasteiger partial charge is 0.217 e. The van der Waals surface area contributed by atoms with E-state index in [0.29, 0.717) is 35.4 Å². The van der Waals surface area contributed by atoms with Crippen LogP contribution in [0.1, 0.15) is 5.56 Å². The summed E-state index contributed by atoms with van der Waals surface area (Å²) in [6.45, 7) is 0.318. The third-order valence-electron chi connectivity index (χ3n) is 4.81. The zero-order valence-electron chi connectivity index (χ0n) is 18.5. The van der Waals surface area contributed by atoms with Crippen LogP contribution in [-0.2, 0) is 16.4 Å². The molecule has 1 aromatic heterocycles. The molecule has 0 spiro atoms. The van der Waals surface area contributed by atoms with Crippen LogP contribution in [0.15, 0.2) is 83.9 Å². The van der Waals surface area contributed by atoms with Crippen molar-refractivity contribution in [3.8, 4) is 40.3 Å². The summed E-state index contributed by atoms with van der Waals surface area (Å²) < 4.78 is 40.0. The number of ether oxygens (including phenoxy) is 3. The molecule has 0 saturated heterocycles. The van der Waals surface area contributed by atoms with E-state index in [1.807, 2.05) is 24.3 Å². The Morgan fingerprint density at radius 2 is 1.59 bits per heavy atom. The van der Waals surface area contributed by atoms with Gasteiger partial charge in [-0.1, -0.05) is 12.1 Å². The second kappa shape index (κ2) is 9.80. The van der Waals surface area contributed by atoms with Gasteiger partial charge in [0.2, 0.25) is 5.88 Å². The molecule has 1 heterocycles. The topological polar surface area (TPSA) is 108 Å². The summed E-state index contributed by atoms with van der Waals surface area (Å²) in [4.78, 5) is 8.89. The Morgan fingerprint density at radius 1 is 0.882 bits per heavy atom. The fraction of sp³-hybridized carbons (Fsp3) is 0.120. The number of rotatable bonds is 8. The van der Waals surface area contributed by atoms with E-state index in [-0.39, 0.29) is 10.6 Å². The first-order valence-corrected chi connectivity index (χ1v) is 12.1. The minimum Gasteiger partial charge on any atom is -0.508 e. The Balaban J connectivity index is 1.50. The third kappa shape index (κ3) is 5.81. The molecule has 0 bridgehead atoms. The van der Waals surface area contributed by atoms with Crippen molar-refractivity contribution in [2.45, 2.75) is 11.5 Å². The standard InChI is InChI=1S/C25H22N2O6S/c1-31-20-5-3-17(4-6-20)16-32-24-11-12-26-25(27-24)18-13-19(28)15-22(14-18)33-21-7-9-23(10-8-21)34(2,29)30/h3-15,28H,16H2,1-2H3. The highest BCUT2D eigenvalue weighted by molar-refractivity contribution is 7.90. The summed E-state index contributed by atoms with van der Waals surface area (Å²) in [5.74, 6) is 2.22. The van der Waals surface area contributed by atoms with Crippen LogP contribution in [0.4, 0.5) is 0 Å². The number of sulfone groups is 1. The van der Waals surface area contributed by atoms with Gasteiger partial charge < -0.3 is 19.3 Å². The van der Waals surface area contributed by atoms with Crippen LogP contribution in [0.2, 0.25) is 0 Å². The van der Waals surface area contributed by atoms with E-state index in [1.54, 1.807) is 37.6 Å². The Morgan fingerprint density at radius 3 is 2.26 bits per heavy atom. The predicted molar refractivity (Wildman–Crippen MR) is 126 cm³/mol. The molecule has 0 aliphatic rings. The largest absolute Gasteiger partial charge is 0.508 e. The summed E-state index contributed by atoms with van der Waals surface area (Å²) in [6.07, 6.45) is 2.71. The lowest BCUT2D eigenvalue weighted by atomic mass is 10.2. The summed E-state index contributed by atoms with van der Waals surface area (Å²) in [7, 11) is -1.69. The fourth-order valence-electron chi connectivity index (χ4n) is 3.10. The number of aromatic hydroxyl groups is 1. The lowest BCUT2D eigenvalue weighted by Gasteiger charge is -2.10. The number of methoxy groups -OCH3 is 1. The number of nitrogens with zero attached hydrogens (tertiary/aromatic N) is 2. The Hall–Kier alpha value is -4.11. The van der Waals surface area contributed by atoms with Crippen LogP contribution < -0.4 is 14.2 Å². The SMILES string of the molecule is COc1ccc(COc2ccnc(-c3cc(O)cc(Oc4ccc(S(C)(=O)=O)cc4)c3)n2)cc1. The Kier molecular flexibility index (Phi) is 6.65. The van der Waals surface area contributed by atoms with Crippen LogP contribution in [0, 0.1) is 0 Å². The van der Waals surface area contributed by atoms with E-state index in [1.165, 1.54) is 24.3 Å². The van der Waals surface area contributed by atoms with Crippen molar-refractivity contribution in [3.63, 3.8) is 0 Å². The maximum Gasteiger partial charge on any atom is 0.217 e. The number of benzene rings is 3. The summed E-state index contributed by atoms with van der Waals surface area (Å²) >= 11 is 0. The molecule has 4 aromatic rings. The minimum atomic E-state index is -3.30. The average molecular weight is 479 g/mol. The molecule has 0 unspecified atom stereocenters. The highest BCUT2D eigenvalue weighted by Crippen LogP contribution is 2.31. The van der Waals surface area contributed by atoms with Gasteiger partial charge in [0.1, 0.15) is 29.6 Å². The summed E-state index contributed by atoms with van der Waals surface area (Å²) in [6, 6.07) is 19.8. The lowest BCUT2D eigenvalue weighted by Crippen LogP contribution is -1.99. The number of aromatic nitrogens is 2. The molecule has 8 nitrogen and oxygen atoms in total. The number of phenols is 1. The van der Waals surface area contributed by atoms with Crippen LogP contribution in [0.25, 0.3) is 11.4 Å². The van der Waals surface area contributed by atoms with Crippen molar-refractivity contribution in [1.82, 2.24) is 9.97 Å². The molecule has 34 heavy (non-hydrogen) atoms. The van der Waals surface area contributed by atoms with E-state index >= 15 is 0 Å². The van der Waals surface area contributed by atoms with E-state index in [4.69, 9.17) is 14.2 Å². The first-order valence-electron chi connectivity index (χ1n) is 10.2. The van der Waals surface area contributed by atoms with Gasteiger partial charge in [-0.15, -0.1) is 0 Å². The number of hydrogen-bond acceptors (Lipinski definition) is 8. The molecular formula is C25H22N2O6S. The molecule has 0 aliphatic carbocycles. The Labute approximate surface area is 197 Å². The molecule has 9 heteroatoms. The van der Waals surface area contributed by atoms with Gasteiger partial charge in [0.05, 0.1) is 12.0 Å². The van der Waals surface area contributed by atoms with Gasteiger partial charge in [-0.25, -0.2) is 13.4 Å². The fourth-order valence-corrected chi connectivity index (χ4v) is 3.73. The van der Waals surface area contributed by atoms with Crippen LogP contribution in [0.5, 0.6) is 28.9 Å². The second-order valence-electron chi connectivity index (χ2n) is 7.42. The molecule has 0 radical (unpaired) electrons. The first-order chi connectivity index (χ1) is 16.3. The van der Waals surface area contributed by atoms with E-state index in [9.17, 15) is 13.5 Å². The van der Waals surface area contributed by atoms with Gasteiger partial charge in [-0.3, -0.25) is 0 Å². The minimum absolute atomic E-state index is 0.0339. The van der Waals surface area contributed by atoms with E-state index in [2.05, 4.69) is 9.97 Å². The monoisotopic (exact) mass is 478 g/mol. The second-order valence-corrected chi connectivity index (χ2v) is 9.43. The van der Waals surface area contributed by atoms with Crippen LogP contribution in [-0.4, -0.2) is 36.9 Å². The molecular weight excluding hydrogens is 456 g/mol. The molecule has 3 aromatic carbocycles. The molecule has 1 N–H and O–H groups in total. The van der Waals surface area contributed by atoms with Gasteiger partial charge in [0, 0.05) is 30.1 Å². The first kappa shape index (κ1) is 23.1. The zero-order valence-corrected chi connectivity index (χ0v) is 19.3. The molecule has 0 fully saturated rings. The number of phenolic OH excluding ortho intramolecular Hbond substituents is 1. The number of hydrogen-bond donors (Lipinski definition) is 1. The third-order valence-corrected chi connectivity index (χ3v) is 5.94. The highest BCUT2D eigenvalue weighted by atomic mass is 32.2. The molecule has 0 atom stereocenters. The molecule has 0 saturated carbocycles. The maximum absolute atomic E-state index is 11.6. The maximum atomic E-state index is 11.6. The average Bonchev–Trinajstić information content (AvgIpc) is 2.83. The quantitative estimate of drug-likeness (QED) is 0.390. The predicted octanol–water partition coefficient (Wildman–Crippen LogP) is 4.63. The zero-order chi connectivity index (χ0) is 24.1. The summed E-state index contributed by atoms with van der Waals surface area (Å²) in [5, 5.41) is 10.2. The van der Waals surface area contributed by atoms with Crippen molar-refractivity contribution in [2.24, 2.45) is 0 Å².